The average molecular weight is 255 g/mol. The molecule has 1 rings (SSSR count). The van der Waals surface area contributed by atoms with Crippen molar-refractivity contribution in [2.75, 3.05) is 32.7 Å². The molecule has 4 nitrogen and oxygen atoms in total. The summed E-state index contributed by atoms with van der Waals surface area (Å²) in [5, 5.41) is 3.00. The molecule has 106 valence electrons. The van der Waals surface area contributed by atoms with E-state index >= 15 is 0 Å². The fraction of sp³-hybridized carbons (Fsp3) is 0.929. The quantitative estimate of drug-likeness (QED) is 0.719. The first kappa shape index (κ1) is 15.4. The van der Waals surface area contributed by atoms with E-state index in [1.807, 2.05) is 0 Å². The molecule has 0 aromatic rings. The third-order valence-corrected chi connectivity index (χ3v) is 3.69. The molecule has 0 aliphatic carbocycles. The van der Waals surface area contributed by atoms with Gasteiger partial charge >= 0.3 is 0 Å². The smallest absolute Gasteiger partial charge is 0.234 e. The Morgan fingerprint density at radius 2 is 2.06 bits per heavy atom. The van der Waals surface area contributed by atoms with Crippen LogP contribution in [0, 0.1) is 11.8 Å². The molecule has 0 aromatic heterocycles. The topological polar surface area (TPSA) is 58.4 Å². The van der Waals surface area contributed by atoms with Gasteiger partial charge in [-0.15, -0.1) is 0 Å². The number of hydrogen-bond acceptors (Lipinski definition) is 3. The van der Waals surface area contributed by atoms with Gasteiger partial charge in [0.25, 0.3) is 0 Å². The number of nitrogens with zero attached hydrogens (tertiary/aromatic N) is 1. The van der Waals surface area contributed by atoms with Crippen LogP contribution in [0.3, 0.4) is 0 Å². The Bertz CT molecular complexity index is 235. The van der Waals surface area contributed by atoms with Crippen molar-refractivity contribution < 1.29 is 4.79 Å². The minimum atomic E-state index is 0.174. The number of hydrogen-bond donors (Lipinski definition) is 2. The highest BCUT2D eigenvalue weighted by molar-refractivity contribution is 5.77. The molecule has 1 heterocycles. The van der Waals surface area contributed by atoms with E-state index in [1.54, 1.807) is 0 Å². The second-order valence-electron chi connectivity index (χ2n) is 5.83. The van der Waals surface area contributed by atoms with E-state index in [-0.39, 0.29) is 5.91 Å². The molecule has 0 aromatic carbocycles. The van der Waals surface area contributed by atoms with Crippen LogP contribution < -0.4 is 11.1 Å². The van der Waals surface area contributed by atoms with E-state index in [1.165, 1.54) is 12.8 Å². The Morgan fingerprint density at radius 3 is 2.61 bits per heavy atom. The van der Waals surface area contributed by atoms with Crippen molar-refractivity contribution in [3.05, 3.63) is 0 Å². The van der Waals surface area contributed by atoms with Crippen LogP contribution in [-0.4, -0.2) is 43.5 Å². The van der Waals surface area contributed by atoms with Crippen LogP contribution in [0.2, 0.25) is 0 Å². The molecule has 0 spiro atoms. The van der Waals surface area contributed by atoms with Gasteiger partial charge in [-0.1, -0.05) is 13.8 Å². The maximum absolute atomic E-state index is 11.7. The molecule has 0 atom stereocenters. The largest absolute Gasteiger partial charge is 0.355 e. The molecule has 0 saturated carbocycles. The van der Waals surface area contributed by atoms with Gasteiger partial charge < -0.3 is 11.1 Å². The summed E-state index contributed by atoms with van der Waals surface area (Å²) in [5.41, 5.74) is 5.58. The van der Waals surface area contributed by atoms with E-state index in [4.69, 9.17) is 5.73 Å². The Balaban J connectivity index is 2.10. The summed E-state index contributed by atoms with van der Waals surface area (Å²) < 4.78 is 0. The van der Waals surface area contributed by atoms with E-state index in [0.717, 1.165) is 44.9 Å². The molecule has 1 fully saturated rings. The number of nitrogens with one attached hydrogen (secondary N) is 1. The zero-order valence-electron chi connectivity index (χ0n) is 12.0. The number of piperidine rings is 1. The summed E-state index contributed by atoms with van der Waals surface area (Å²) >= 11 is 0. The third kappa shape index (κ3) is 6.36. The molecule has 1 aliphatic rings. The van der Waals surface area contributed by atoms with Crippen molar-refractivity contribution in [3.8, 4) is 0 Å². The van der Waals surface area contributed by atoms with Gasteiger partial charge in [0.1, 0.15) is 0 Å². The van der Waals surface area contributed by atoms with Gasteiger partial charge in [0.2, 0.25) is 5.91 Å². The molecule has 0 radical (unpaired) electrons. The van der Waals surface area contributed by atoms with Gasteiger partial charge in [-0.3, -0.25) is 9.69 Å². The number of likely N-dealkylation sites (tertiary alicyclic amines) is 1. The molecule has 0 unspecified atom stereocenters. The standard InChI is InChI=1S/C14H29N3O/c1-12(2)4-8-16-14(18)11-17-9-5-13(3-7-15)6-10-17/h12-13H,3-11,15H2,1-2H3,(H,16,18). The first-order valence-corrected chi connectivity index (χ1v) is 7.31. The number of nitrogens with two attached hydrogens (primary N) is 1. The lowest BCUT2D eigenvalue weighted by Crippen LogP contribution is -2.42. The molecule has 3 N–H and O–H groups in total. The monoisotopic (exact) mass is 255 g/mol. The van der Waals surface area contributed by atoms with Crippen LogP contribution >= 0.6 is 0 Å². The Morgan fingerprint density at radius 1 is 1.39 bits per heavy atom. The Hall–Kier alpha value is -0.610. The van der Waals surface area contributed by atoms with Crippen LogP contribution in [0.25, 0.3) is 0 Å². The maximum Gasteiger partial charge on any atom is 0.234 e. The summed E-state index contributed by atoms with van der Waals surface area (Å²) in [5.74, 6) is 1.60. The summed E-state index contributed by atoms with van der Waals surface area (Å²) in [7, 11) is 0. The maximum atomic E-state index is 11.7. The van der Waals surface area contributed by atoms with Gasteiger partial charge in [0.15, 0.2) is 0 Å². The summed E-state index contributed by atoms with van der Waals surface area (Å²) in [6.07, 6.45) is 4.58. The zero-order valence-corrected chi connectivity index (χ0v) is 12.0. The second kappa shape index (κ2) is 8.48. The van der Waals surface area contributed by atoms with Gasteiger partial charge in [-0.2, -0.15) is 0 Å². The molecule has 1 amide bonds. The van der Waals surface area contributed by atoms with Crippen molar-refractivity contribution in [1.82, 2.24) is 10.2 Å². The molecule has 1 aliphatic heterocycles. The second-order valence-corrected chi connectivity index (χ2v) is 5.83. The van der Waals surface area contributed by atoms with Crippen molar-refractivity contribution in [2.24, 2.45) is 17.6 Å². The molecular weight excluding hydrogens is 226 g/mol. The molecule has 4 heteroatoms. The number of carbonyl (C=O) groups is 1. The van der Waals surface area contributed by atoms with Gasteiger partial charge in [0.05, 0.1) is 6.54 Å². The van der Waals surface area contributed by atoms with Crippen LogP contribution in [0.1, 0.15) is 39.5 Å². The molecule has 18 heavy (non-hydrogen) atoms. The summed E-state index contributed by atoms with van der Waals surface area (Å²) in [6.45, 7) is 8.60. The fourth-order valence-electron chi connectivity index (χ4n) is 2.43. The molecular formula is C14H29N3O. The minimum Gasteiger partial charge on any atom is -0.355 e. The summed E-state index contributed by atoms with van der Waals surface area (Å²) in [4.78, 5) is 14.0. The SMILES string of the molecule is CC(C)CCNC(=O)CN1CCC(CCN)CC1. The highest BCUT2D eigenvalue weighted by atomic mass is 16.2. The van der Waals surface area contributed by atoms with Crippen LogP contribution in [-0.2, 0) is 4.79 Å². The van der Waals surface area contributed by atoms with E-state index in [0.29, 0.717) is 12.5 Å². The Labute approximate surface area is 111 Å². The third-order valence-electron chi connectivity index (χ3n) is 3.69. The van der Waals surface area contributed by atoms with Gasteiger partial charge in [-0.05, 0) is 57.2 Å². The predicted molar refractivity (Wildman–Crippen MR) is 75.3 cm³/mol. The number of rotatable bonds is 7. The molecule has 1 saturated heterocycles. The van der Waals surface area contributed by atoms with Crippen LogP contribution in [0.4, 0.5) is 0 Å². The first-order valence-electron chi connectivity index (χ1n) is 7.31. The minimum absolute atomic E-state index is 0.174. The number of carbonyl (C=O) groups excluding carboxylic acids is 1. The van der Waals surface area contributed by atoms with E-state index in [2.05, 4.69) is 24.1 Å². The van der Waals surface area contributed by atoms with Crippen LogP contribution in [0.15, 0.2) is 0 Å². The van der Waals surface area contributed by atoms with Crippen molar-refractivity contribution in [3.63, 3.8) is 0 Å². The van der Waals surface area contributed by atoms with Gasteiger partial charge in [0, 0.05) is 6.54 Å². The van der Waals surface area contributed by atoms with Crippen molar-refractivity contribution >= 4 is 5.91 Å². The first-order chi connectivity index (χ1) is 8.61. The Kier molecular flexibility index (Phi) is 7.28. The lowest BCUT2D eigenvalue weighted by molar-refractivity contribution is -0.122. The predicted octanol–water partition coefficient (Wildman–Crippen LogP) is 1.21. The lowest BCUT2D eigenvalue weighted by atomic mass is 9.94. The highest BCUT2D eigenvalue weighted by Crippen LogP contribution is 2.19. The zero-order chi connectivity index (χ0) is 13.4. The lowest BCUT2D eigenvalue weighted by Gasteiger charge is -2.31. The van der Waals surface area contributed by atoms with Crippen LogP contribution in [0.5, 0.6) is 0 Å². The van der Waals surface area contributed by atoms with E-state index in [9.17, 15) is 4.79 Å². The normalized spacial score (nSPS) is 18.2. The van der Waals surface area contributed by atoms with Gasteiger partial charge in [-0.25, -0.2) is 0 Å². The van der Waals surface area contributed by atoms with Crippen molar-refractivity contribution in [1.29, 1.82) is 0 Å². The van der Waals surface area contributed by atoms with Crippen molar-refractivity contribution in [2.45, 2.75) is 39.5 Å². The van der Waals surface area contributed by atoms with E-state index < -0.39 is 0 Å². The fourth-order valence-corrected chi connectivity index (χ4v) is 2.43. The number of amides is 1. The highest BCUT2D eigenvalue weighted by Gasteiger charge is 2.19. The summed E-state index contributed by atoms with van der Waals surface area (Å²) in [6, 6.07) is 0. The molecule has 0 bridgehead atoms. The average Bonchev–Trinajstić information content (AvgIpc) is 2.31.